The first-order chi connectivity index (χ1) is 6.74. The second-order valence-corrected chi connectivity index (χ2v) is 3.47. The van der Waals surface area contributed by atoms with Crippen LogP contribution in [0, 0.1) is 0 Å². The van der Waals surface area contributed by atoms with Crippen LogP contribution in [-0.4, -0.2) is 43.3 Å². The predicted molar refractivity (Wildman–Crippen MR) is 53.4 cm³/mol. The van der Waals surface area contributed by atoms with Crippen molar-refractivity contribution >= 4 is 5.91 Å². The number of rotatable bonds is 4. The average Bonchev–Trinajstić information content (AvgIpc) is 2.19. The Balaban J connectivity index is 2.24. The van der Waals surface area contributed by atoms with Crippen LogP contribution in [0.1, 0.15) is 19.8 Å². The molecule has 1 aliphatic heterocycles. The molecule has 0 unspecified atom stereocenters. The van der Waals surface area contributed by atoms with Gasteiger partial charge in [0, 0.05) is 13.1 Å². The van der Waals surface area contributed by atoms with E-state index < -0.39 is 0 Å². The van der Waals surface area contributed by atoms with Crippen LogP contribution in [0.15, 0.2) is 0 Å². The van der Waals surface area contributed by atoms with E-state index in [0.29, 0.717) is 13.2 Å². The smallest absolute Gasteiger partial charge is 0.251 e. The van der Waals surface area contributed by atoms with Gasteiger partial charge in [0.05, 0.1) is 19.3 Å². The molecule has 1 amide bonds. The summed E-state index contributed by atoms with van der Waals surface area (Å²) in [5.41, 5.74) is 8.47. The molecule has 0 aromatic rings. The van der Waals surface area contributed by atoms with Gasteiger partial charge in [0.2, 0.25) is 0 Å². The van der Waals surface area contributed by atoms with Gasteiger partial charge in [-0.15, -0.1) is 0 Å². The SMILES string of the molecule is CCC[C@H](N)C(=O)NN1CCOCC1. The lowest BCUT2D eigenvalue weighted by Crippen LogP contribution is -2.53. The average molecular weight is 201 g/mol. The van der Waals surface area contributed by atoms with Crippen LogP contribution in [0.2, 0.25) is 0 Å². The number of ether oxygens (including phenoxy) is 1. The minimum Gasteiger partial charge on any atom is -0.379 e. The molecule has 0 saturated carbocycles. The third kappa shape index (κ3) is 3.61. The summed E-state index contributed by atoms with van der Waals surface area (Å²) < 4.78 is 5.17. The van der Waals surface area contributed by atoms with E-state index >= 15 is 0 Å². The van der Waals surface area contributed by atoms with E-state index in [1.54, 1.807) is 0 Å². The lowest BCUT2D eigenvalue weighted by atomic mass is 10.2. The van der Waals surface area contributed by atoms with E-state index in [-0.39, 0.29) is 11.9 Å². The number of amides is 1. The van der Waals surface area contributed by atoms with Gasteiger partial charge < -0.3 is 10.5 Å². The summed E-state index contributed by atoms with van der Waals surface area (Å²) in [6.45, 7) is 4.84. The van der Waals surface area contributed by atoms with Gasteiger partial charge in [-0.3, -0.25) is 10.2 Å². The second-order valence-electron chi connectivity index (χ2n) is 3.47. The first kappa shape index (κ1) is 11.4. The number of morpholine rings is 1. The first-order valence-electron chi connectivity index (χ1n) is 5.12. The first-order valence-corrected chi connectivity index (χ1v) is 5.12. The molecule has 3 N–H and O–H groups in total. The van der Waals surface area contributed by atoms with Gasteiger partial charge in [0.25, 0.3) is 5.91 Å². The zero-order valence-electron chi connectivity index (χ0n) is 8.66. The molecule has 1 heterocycles. The van der Waals surface area contributed by atoms with Gasteiger partial charge in [0.1, 0.15) is 0 Å². The van der Waals surface area contributed by atoms with E-state index in [4.69, 9.17) is 10.5 Å². The molecule has 5 heteroatoms. The highest BCUT2D eigenvalue weighted by Gasteiger charge is 2.17. The van der Waals surface area contributed by atoms with Crippen molar-refractivity contribution in [1.82, 2.24) is 10.4 Å². The van der Waals surface area contributed by atoms with Crippen molar-refractivity contribution in [1.29, 1.82) is 0 Å². The maximum atomic E-state index is 11.5. The van der Waals surface area contributed by atoms with Crippen LogP contribution in [0.4, 0.5) is 0 Å². The number of carbonyl (C=O) groups excluding carboxylic acids is 1. The molecule has 0 aliphatic carbocycles. The van der Waals surface area contributed by atoms with Gasteiger partial charge in [0.15, 0.2) is 0 Å². The Morgan fingerprint density at radius 1 is 1.57 bits per heavy atom. The van der Waals surface area contributed by atoms with Crippen molar-refractivity contribution in [2.24, 2.45) is 5.73 Å². The van der Waals surface area contributed by atoms with Gasteiger partial charge in [-0.25, -0.2) is 5.01 Å². The molecule has 14 heavy (non-hydrogen) atoms. The number of nitrogens with one attached hydrogen (secondary N) is 1. The molecule has 1 saturated heterocycles. The number of nitrogens with two attached hydrogens (primary N) is 1. The van der Waals surface area contributed by atoms with E-state index in [9.17, 15) is 4.79 Å². The number of hydrogen-bond acceptors (Lipinski definition) is 4. The molecule has 0 aromatic carbocycles. The third-order valence-electron chi connectivity index (χ3n) is 2.22. The lowest BCUT2D eigenvalue weighted by molar-refractivity contribution is -0.129. The van der Waals surface area contributed by atoms with Crippen LogP contribution in [0.5, 0.6) is 0 Å². The molecule has 1 fully saturated rings. The van der Waals surface area contributed by atoms with E-state index in [1.165, 1.54) is 0 Å². The Morgan fingerprint density at radius 2 is 2.21 bits per heavy atom. The van der Waals surface area contributed by atoms with Gasteiger partial charge >= 0.3 is 0 Å². The molecular weight excluding hydrogens is 182 g/mol. The highest BCUT2D eigenvalue weighted by atomic mass is 16.5. The predicted octanol–water partition coefficient (Wildman–Crippen LogP) is -0.523. The Morgan fingerprint density at radius 3 is 2.79 bits per heavy atom. The molecule has 0 spiro atoms. The molecule has 1 aliphatic rings. The standard InChI is InChI=1S/C9H19N3O2/c1-2-3-8(10)9(13)11-12-4-6-14-7-5-12/h8H,2-7,10H2,1H3,(H,11,13)/t8-/m0/s1. The van der Waals surface area contributed by atoms with Crippen molar-refractivity contribution in [2.75, 3.05) is 26.3 Å². The fourth-order valence-corrected chi connectivity index (χ4v) is 1.36. The van der Waals surface area contributed by atoms with E-state index in [0.717, 1.165) is 25.9 Å². The van der Waals surface area contributed by atoms with Crippen molar-refractivity contribution in [3.8, 4) is 0 Å². The van der Waals surface area contributed by atoms with Gasteiger partial charge in [-0.2, -0.15) is 0 Å². The summed E-state index contributed by atoms with van der Waals surface area (Å²) in [4.78, 5) is 11.5. The monoisotopic (exact) mass is 201 g/mol. The Labute approximate surface area is 84.5 Å². The molecule has 1 rings (SSSR count). The van der Waals surface area contributed by atoms with E-state index in [2.05, 4.69) is 5.43 Å². The summed E-state index contributed by atoms with van der Waals surface area (Å²) in [7, 11) is 0. The number of carbonyl (C=O) groups is 1. The lowest BCUT2D eigenvalue weighted by Gasteiger charge is -2.28. The summed E-state index contributed by atoms with van der Waals surface area (Å²) >= 11 is 0. The van der Waals surface area contributed by atoms with Crippen molar-refractivity contribution in [3.05, 3.63) is 0 Å². The summed E-state index contributed by atoms with van der Waals surface area (Å²) in [6.07, 6.45) is 1.66. The molecule has 0 radical (unpaired) electrons. The summed E-state index contributed by atoms with van der Waals surface area (Å²) in [5, 5.41) is 1.86. The fraction of sp³-hybridized carbons (Fsp3) is 0.889. The molecular formula is C9H19N3O2. The van der Waals surface area contributed by atoms with Crippen molar-refractivity contribution < 1.29 is 9.53 Å². The quantitative estimate of drug-likeness (QED) is 0.642. The van der Waals surface area contributed by atoms with Crippen LogP contribution in [-0.2, 0) is 9.53 Å². The Kier molecular flexibility index (Phi) is 4.86. The minimum atomic E-state index is -0.386. The number of nitrogens with zero attached hydrogens (tertiary/aromatic N) is 1. The maximum absolute atomic E-state index is 11.5. The van der Waals surface area contributed by atoms with Crippen LogP contribution in [0.25, 0.3) is 0 Å². The number of hydrogen-bond donors (Lipinski definition) is 2. The molecule has 5 nitrogen and oxygen atoms in total. The zero-order valence-corrected chi connectivity index (χ0v) is 8.66. The largest absolute Gasteiger partial charge is 0.379 e. The highest BCUT2D eigenvalue weighted by Crippen LogP contribution is 1.96. The molecule has 82 valence electrons. The maximum Gasteiger partial charge on any atom is 0.251 e. The Bertz CT molecular complexity index is 181. The van der Waals surface area contributed by atoms with Crippen LogP contribution in [0.3, 0.4) is 0 Å². The zero-order chi connectivity index (χ0) is 10.4. The summed E-state index contributed by atoms with van der Waals surface area (Å²) in [6, 6.07) is -0.386. The third-order valence-corrected chi connectivity index (χ3v) is 2.22. The number of hydrazine groups is 1. The fourth-order valence-electron chi connectivity index (χ4n) is 1.36. The highest BCUT2D eigenvalue weighted by molar-refractivity contribution is 5.80. The van der Waals surface area contributed by atoms with Crippen molar-refractivity contribution in [2.45, 2.75) is 25.8 Å². The minimum absolute atomic E-state index is 0.0891. The van der Waals surface area contributed by atoms with E-state index in [1.807, 2.05) is 11.9 Å². The van der Waals surface area contributed by atoms with Gasteiger partial charge in [-0.1, -0.05) is 13.3 Å². The van der Waals surface area contributed by atoms with Crippen molar-refractivity contribution in [3.63, 3.8) is 0 Å². The topological polar surface area (TPSA) is 67.6 Å². The molecule has 0 aromatic heterocycles. The molecule has 1 atom stereocenters. The Hall–Kier alpha value is -0.650. The normalized spacial score (nSPS) is 20.4. The van der Waals surface area contributed by atoms with Gasteiger partial charge in [-0.05, 0) is 6.42 Å². The van der Waals surface area contributed by atoms with Crippen LogP contribution >= 0.6 is 0 Å². The second kappa shape index (κ2) is 5.95. The summed E-state index contributed by atoms with van der Waals surface area (Å²) in [5.74, 6) is -0.0891. The molecule has 0 bridgehead atoms. The van der Waals surface area contributed by atoms with Crippen LogP contribution < -0.4 is 11.2 Å².